The van der Waals surface area contributed by atoms with Crippen molar-refractivity contribution in [2.45, 2.75) is 83.8 Å². The fraction of sp³-hybridized carbons (Fsp3) is 0.857. The first-order valence-electron chi connectivity index (χ1n) is 10.3. The van der Waals surface area contributed by atoms with Gasteiger partial charge in [-0.1, -0.05) is 11.6 Å². The second-order valence-corrected chi connectivity index (χ2v) is 9.16. The number of carbonyl (C=O) groups excluding carboxylic acids is 1. The summed E-state index contributed by atoms with van der Waals surface area (Å²) in [5.41, 5.74) is 1.28. The van der Waals surface area contributed by atoms with Crippen LogP contribution in [0.25, 0.3) is 0 Å². The fourth-order valence-electron chi connectivity index (χ4n) is 4.57. The minimum atomic E-state index is -0.397. The lowest BCUT2D eigenvalue weighted by molar-refractivity contribution is 0.0183. The van der Waals surface area contributed by atoms with Crippen molar-refractivity contribution in [2.24, 2.45) is 5.92 Å². The van der Waals surface area contributed by atoms with E-state index in [0.29, 0.717) is 0 Å². The molecular formula is C21H36N2O2. The molecule has 2 fully saturated rings. The summed E-state index contributed by atoms with van der Waals surface area (Å²) in [6.07, 6.45) is 12.5. The van der Waals surface area contributed by atoms with E-state index in [1.54, 1.807) is 5.57 Å². The molecule has 3 rings (SSSR count). The standard InChI is InChI=1S/C21H36N2O2/c1-21(2,3)25-20(24)23-13-9-17(10-14-23)15-18-7-6-8-19(16-18)22-11-4-5-12-22/h7,17,19H,4-6,8-16H2,1-3H3. The molecule has 2 heterocycles. The van der Waals surface area contributed by atoms with Gasteiger partial charge in [-0.3, -0.25) is 0 Å². The van der Waals surface area contributed by atoms with E-state index in [-0.39, 0.29) is 6.09 Å². The SMILES string of the molecule is CC(C)(C)OC(=O)N1CCC(CC2=CCCC(N3CCCC3)C2)CC1. The first-order valence-corrected chi connectivity index (χ1v) is 10.3. The van der Waals surface area contributed by atoms with Crippen molar-refractivity contribution in [1.29, 1.82) is 0 Å². The summed E-state index contributed by atoms with van der Waals surface area (Å²) >= 11 is 0. The van der Waals surface area contributed by atoms with Crippen molar-refractivity contribution in [3.63, 3.8) is 0 Å². The lowest BCUT2D eigenvalue weighted by Gasteiger charge is -2.35. The van der Waals surface area contributed by atoms with Crippen LogP contribution in [-0.4, -0.2) is 53.7 Å². The molecule has 4 nitrogen and oxygen atoms in total. The Labute approximate surface area is 153 Å². The highest BCUT2D eigenvalue weighted by Crippen LogP contribution is 2.32. The summed E-state index contributed by atoms with van der Waals surface area (Å²) in [4.78, 5) is 16.8. The number of hydrogen-bond donors (Lipinski definition) is 0. The Morgan fingerprint density at radius 3 is 2.44 bits per heavy atom. The van der Waals surface area contributed by atoms with Crippen LogP contribution in [0.4, 0.5) is 4.79 Å². The summed E-state index contributed by atoms with van der Waals surface area (Å²) in [6, 6.07) is 0.796. The predicted molar refractivity (Wildman–Crippen MR) is 102 cm³/mol. The van der Waals surface area contributed by atoms with Crippen LogP contribution in [0.5, 0.6) is 0 Å². The van der Waals surface area contributed by atoms with Crippen LogP contribution in [0.3, 0.4) is 0 Å². The summed E-state index contributed by atoms with van der Waals surface area (Å²) in [6.45, 7) is 10.1. The zero-order valence-electron chi connectivity index (χ0n) is 16.4. The predicted octanol–water partition coefficient (Wildman–Crippen LogP) is 4.60. The Kier molecular flexibility index (Phi) is 6.08. The Balaban J connectivity index is 1.43. The topological polar surface area (TPSA) is 32.8 Å². The number of carbonyl (C=O) groups is 1. The van der Waals surface area contributed by atoms with Crippen molar-refractivity contribution < 1.29 is 9.53 Å². The van der Waals surface area contributed by atoms with Gasteiger partial charge in [-0.25, -0.2) is 4.79 Å². The Hall–Kier alpha value is -1.03. The van der Waals surface area contributed by atoms with Crippen LogP contribution in [-0.2, 0) is 4.74 Å². The largest absolute Gasteiger partial charge is 0.444 e. The van der Waals surface area contributed by atoms with E-state index in [1.807, 2.05) is 25.7 Å². The second kappa shape index (κ2) is 8.11. The Morgan fingerprint density at radius 2 is 1.80 bits per heavy atom. The maximum absolute atomic E-state index is 12.2. The third kappa shape index (κ3) is 5.47. The van der Waals surface area contributed by atoms with Gasteiger partial charge in [0.1, 0.15) is 5.60 Å². The highest BCUT2D eigenvalue weighted by molar-refractivity contribution is 5.68. The Morgan fingerprint density at radius 1 is 1.12 bits per heavy atom. The molecule has 0 aromatic carbocycles. The lowest BCUT2D eigenvalue weighted by atomic mass is 9.84. The number of likely N-dealkylation sites (tertiary alicyclic amines) is 2. The van der Waals surface area contributed by atoms with Crippen molar-refractivity contribution >= 4 is 6.09 Å². The third-order valence-corrected chi connectivity index (χ3v) is 5.90. The number of allylic oxidation sites excluding steroid dienone is 1. The minimum absolute atomic E-state index is 0.142. The average molecular weight is 349 g/mol. The van der Waals surface area contributed by atoms with Gasteiger partial charge >= 0.3 is 6.09 Å². The molecule has 0 saturated carbocycles. The Bertz CT molecular complexity index is 481. The molecule has 0 radical (unpaired) electrons. The monoisotopic (exact) mass is 348 g/mol. The van der Waals surface area contributed by atoms with Gasteiger partial charge in [0.15, 0.2) is 0 Å². The van der Waals surface area contributed by atoms with Crippen LogP contribution in [0.15, 0.2) is 11.6 Å². The zero-order chi connectivity index (χ0) is 17.9. The smallest absolute Gasteiger partial charge is 0.410 e. The van der Waals surface area contributed by atoms with E-state index in [2.05, 4.69) is 11.0 Å². The molecule has 25 heavy (non-hydrogen) atoms. The van der Waals surface area contributed by atoms with Crippen LogP contribution in [0.2, 0.25) is 0 Å². The molecule has 1 aliphatic carbocycles. The molecule has 142 valence electrons. The zero-order valence-corrected chi connectivity index (χ0v) is 16.4. The second-order valence-electron chi connectivity index (χ2n) is 9.16. The first kappa shape index (κ1) is 18.8. The van der Waals surface area contributed by atoms with Gasteiger partial charge in [0, 0.05) is 19.1 Å². The number of rotatable bonds is 3. The normalized spacial score (nSPS) is 26.6. The van der Waals surface area contributed by atoms with Crippen molar-refractivity contribution in [3.05, 3.63) is 11.6 Å². The van der Waals surface area contributed by atoms with Gasteiger partial charge in [0.25, 0.3) is 0 Å². The molecule has 1 amide bonds. The molecule has 1 atom stereocenters. The fourth-order valence-corrected chi connectivity index (χ4v) is 4.57. The first-order chi connectivity index (χ1) is 11.9. The van der Waals surface area contributed by atoms with Crippen LogP contribution in [0.1, 0.15) is 72.1 Å². The highest BCUT2D eigenvalue weighted by Gasteiger charge is 2.29. The van der Waals surface area contributed by atoms with E-state index < -0.39 is 5.60 Å². The van der Waals surface area contributed by atoms with Gasteiger partial charge in [0.2, 0.25) is 0 Å². The summed E-state index contributed by atoms with van der Waals surface area (Å²) in [5, 5.41) is 0. The number of ether oxygens (including phenoxy) is 1. The minimum Gasteiger partial charge on any atom is -0.444 e. The number of nitrogens with zero attached hydrogens (tertiary/aromatic N) is 2. The van der Waals surface area contributed by atoms with Crippen LogP contribution in [0, 0.1) is 5.92 Å². The van der Waals surface area contributed by atoms with Crippen LogP contribution >= 0.6 is 0 Å². The van der Waals surface area contributed by atoms with E-state index in [4.69, 9.17) is 4.74 Å². The molecule has 1 unspecified atom stereocenters. The molecule has 3 aliphatic rings. The van der Waals surface area contributed by atoms with E-state index in [0.717, 1.165) is 37.9 Å². The summed E-state index contributed by atoms with van der Waals surface area (Å²) < 4.78 is 5.50. The number of piperidine rings is 1. The van der Waals surface area contributed by atoms with Crippen molar-refractivity contribution in [1.82, 2.24) is 9.80 Å². The van der Waals surface area contributed by atoms with Gasteiger partial charge in [-0.2, -0.15) is 0 Å². The number of amides is 1. The van der Waals surface area contributed by atoms with E-state index in [1.165, 1.54) is 51.6 Å². The molecule has 0 bridgehead atoms. The maximum atomic E-state index is 12.2. The molecule has 0 aromatic rings. The number of hydrogen-bond acceptors (Lipinski definition) is 3. The summed E-state index contributed by atoms with van der Waals surface area (Å²) in [7, 11) is 0. The van der Waals surface area contributed by atoms with E-state index in [9.17, 15) is 4.79 Å². The van der Waals surface area contributed by atoms with Crippen molar-refractivity contribution in [3.8, 4) is 0 Å². The maximum Gasteiger partial charge on any atom is 0.410 e. The lowest BCUT2D eigenvalue weighted by Crippen LogP contribution is -2.42. The quantitative estimate of drug-likeness (QED) is 0.699. The third-order valence-electron chi connectivity index (χ3n) is 5.90. The van der Waals surface area contributed by atoms with Gasteiger partial charge in [-0.05, 0) is 91.1 Å². The van der Waals surface area contributed by atoms with Gasteiger partial charge in [-0.15, -0.1) is 0 Å². The molecule has 2 aliphatic heterocycles. The van der Waals surface area contributed by atoms with Crippen LogP contribution < -0.4 is 0 Å². The van der Waals surface area contributed by atoms with Gasteiger partial charge < -0.3 is 14.5 Å². The molecule has 2 saturated heterocycles. The van der Waals surface area contributed by atoms with Gasteiger partial charge in [0.05, 0.1) is 0 Å². The molecule has 0 aromatic heterocycles. The molecule has 0 N–H and O–H groups in total. The highest BCUT2D eigenvalue weighted by atomic mass is 16.6. The summed E-state index contributed by atoms with van der Waals surface area (Å²) in [5.74, 6) is 0.738. The average Bonchev–Trinajstić information content (AvgIpc) is 3.09. The molecular weight excluding hydrogens is 312 g/mol. The van der Waals surface area contributed by atoms with Crippen molar-refractivity contribution in [2.75, 3.05) is 26.2 Å². The van der Waals surface area contributed by atoms with E-state index >= 15 is 0 Å². The molecule has 0 spiro atoms. The molecule has 4 heteroatoms.